The second-order valence-corrected chi connectivity index (χ2v) is 16.4. The molecule has 4 amide bonds. The average molecular weight is 776 g/mol. The van der Waals surface area contributed by atoms with E-state index in [2.05, 4.69) is 26.2 Å². The summed E-state index contributed by atoms with van der Waals surface area (Å²) in [6.45, 7) is 14.3. The summed E-state index contributed by atoms with van der Waals surface area (Å²) in [5, 5.41) is 11.8. The fraction of sp³-hybridized carbons (Fsp3) is 0.614. The third-order valence-corrected chi connectivity index (χ3v) is 10.4. The van der Waals surface area contributed by atoms with Crippen molar-refractivity contribution in [2.24, 2.45) is 11.8 Å². The molecule has 2 aromatic rings. The summed E-state index contributed by atoms with van der Waals surface area (Å²) >= 11 is 0. The topological polar surface area (TPSA) is 158 Å². The zero-order valence-electron chi connectivity index (χ0n) is 34.1. The summed E-state index contributed by atoms with van der Waals surface area (Å²) in [6, 6.07) is 15.5. The molecule has 308 valence electrons. The van der Waals surface area contributed by atoms with Gasteiger partial charge in [0.2, 0.25) is 23.6 Å². The number of ether oxygens (including phenoxy) is 2. The number of ketones is 1. The van der Waals surface area contributed by atoms with Crippen molar-refractivity contribution in [1.82, 2.24) is 26.2 Å². The molecule has 2 heterocycles. The molecule has 3 unspecified atom stereocenters. The first kappa shape index (κ1) is 44.6. The average Bonchev–Trinajstić information content (AvgIpc) is 3.94. The van der Waals surface area contributed by atoms with Crippen molar-refractivity contribution < 1.29 is 33.4 Å². The zero-order valence-corrected chi connectivity index (χ0v) is 34.1. The number of hydrogen-bond acceptors (Lipinski definition) is 8. The number of morpholine rings is 1. The smallest absolute Gasteiger partial charge is 0.243 e. The van der Waals surface area contributed by atoms with Gasteiger partial charge in [-0.25, -0.2) is 0 Å². The largest absolute Gasteiger partial charge is 0.379 e. The van der Waals surface area contributed by atoms with E-state index in [1.165, 1.54) is 0 Å². The van der Waals surface area contributed by atoms with Gasteiger partial charge in [0.05, 0.1) is 25.9 Å². The first-order valence-electron chi connectivity index (χ1n) is 20.6. The highest BCUT2D eigenvalue weighted by molar-refractivity contribution is 5.98. The Kier molecular flexibility index (Phi) is 18.0. The SMILES string of the molecule is CC(C)CC(NC(=O)[C@H](CCc1ccccc1)NC(=O)CCCCCN1CCOCC1)C(=O)N[C@@H](Cc1ccccc1)C(=O)NC(CC(C)C)C(=O)C1(C)CO1. The molecule has 2 saturated heterocycles. The van der Waals surface area contributed by atoms with E-state index in [0.717, 1.165) is 56.8 Å². The van der Waals surface area contributed by atoms with Crippen molar-refractivity contribution in [2.75, 3.05) is 39.5 Å². The molecule has 4 N–H and O–H groups in total. The first-order valence-corrected chi connectivity index (χ1v) is 20.6. The molecule has 0 bridgehead atoms. The molecular weight excluding hydrogens is 711 g/mol. The minimum Gasteiger partial charge on any atom is -0.379 e. The number of epoxide rings is 1. The number of carbonyl (C=O) groups excluding carboxylic acids is 5. The van der Waals surface area contributed by atoms with Crippen LogP contribution in [0.4, 0.5) is 0 Å². The van der Waals surface area contributed by atoms with E-state index < -0.39 is 47.5 Å². The van der Waals surface area contributed by atoms with Gasteiger partial charge in [-0.3, -0.25) is 28.9 Å². The number of aryl methyl sites for hydroxylation is 1. The van der Waals surface area contributed by atoms with Crippen LogP contribution in [0.2, 0.25) is 0 Å². The number of amides is 4. The Morgan fingerprint density at radius 3 is 1.82 bits per heavy atom. The third-order valence-electron chi connectivity index (χ3n) is 10.4. The van der Waals surface area contributed by atoms with Gasteiger partial charge < -0.3 is 30.7 Å². The van der Waals surface area contributed by atoms with Gasteiger partial charge in [0, 0.05) is 25.9 Å². The van der Waals surface area contributed by atoms with E-state index in [-0.39, 0.29) is 29.9 Å². The highest BCUT2D eigenvalue weighted by Gasteiger charge is 2.50. The Bertz CT molecular complexity index is 1540. The van der Waals surface area contributed by atoms with E-state index in [1.807, 2.05) is 88.4 Å². The van der Waals surface area contributed by atoms with Crippen molar-refractivity contribution in [3.8, 4) is 0 Å². The molecular formula is C44H65N5O7. The summed E-state index contributed by atoms with van der Waals surface area (Å²) in [5.41, 5.74) is 0.935. The molecule has 56 heavy (non-hydrogen) atoms. The molecule has 12 nitrogen and oxygen atoms in total. The Hall–Kier alpha value is -4.13. The van der Waals surface area contributed by atoms with Crippen molar-refractivity contribution in [3.05, 3.63) is 71.8 Å². The number of nitrogens with one attached hydrogen (secondary N) is 4. The maximum absolute atomic E-state index is 14.1. The minimum absolute atomic E-state index is 0.0228. The van der Waals surface area contributed by atoms with Crippen molar-refractivity contribution in [1.29, 1.82) is 0 Å². The van der Waals surface area contributed by atoms with Crippen LogP contribution >= 0.6 is 0 Å². The molecule has 2 aliphatic rings. The molecule has 5 atom stereocenters. The molecule has 4 rings (SSSR count). The Labute approximate surface area is 333 Å². The molecule has 0 aliphatic carbocycles. The first-order chi connectivity index (χ1) is 26.8. The van der Waals surface area contributed by atoms with Gasteiger partial charge in [0.1, 0.15) is 23.7 Å². The molecule has 0 aromatic heterocycles. The van der Waals surface area contributed by atoms with E-state index in [4.69, 9.17) is 9.47 Å². The fourth-order valence-electron chi connectivity index (χ4n) is 7.01. The van der Waals surface area contributed by atoms with Crippen LogP contribution in [0.1, 0.15) is 90.7 Å². The van der Waals surface area contributed by atoms with E-state index in [9.17, 15) is 24.0 Å². The predicted molar refractivity (Wildman–Crippen MR) is 217 cm³/mol. The third kappa shape index (κ3) is 15.4. The normalized spacial score (nSPS) is 19.1. The number of carbonyl (C=O) groups is 5. The Balaban J connectivity index is 1.45. The Morgan fingerprint density at radius 2 is 1.21 bits per heavy atom. The maximum atomic E-state index is 14.1. The van der Waals surface area contributed by atoms with Gasteiger partial charge in [-0.15, -0.1) is 0 Å². The number of Topliss-reactive ketones (excluding diaryl/α,β-unsaturated/α-hetero) is 1. The lowest BCUT2D eigenvalue weighted by molar-refractivity contribution is -0.135. The summed E-state index contributed by atoms with van der Waals surface area (Å²) < 4.78 is 10.8. The van der Waals surface area contributed by atoms with Crippen LogP contribution in [-0.2, 0) is 46.3 Å². The van der Waals surface area contributed by atoms with E-state index in [1.54, 1.807) is 6.92 Å². The molecule has 0 saturated carbocycles. The van der Waals surface area contributed by atoms with Crippen LogP contribution < -0.4 is 21.3 Å². The summed E-state index contributed by atoms with van der Waals surface area (Å²) in [5.74, 6) is -1.70. The van der Waals surface area contributed by atoms with Crippen LogP contribution in [0, 0.1) is 11.8 Å². The summed E-state index contributed by atoms with van der Waals surface area (Å²) in [4.78, 5) is 71.1. The second kappa shape index (κ2) is 22.6. The van der Waals surface area contributed by atoms with Gasteiger partial charge in [-0.1, -0.05) is 94.8 Å². The molecule has 0 radical (unpaired) electrons. The quantitative estimate of drug-likeness (QED) is 0.0916. The van der Waals surface area contributed by atoms with Gasteiger partial charge in [0.15, 0.2) is 5.78 Å². The fourth-order valence-corrected chi connectivity index (χ4v) is 7.01. The summed E-state index contributed by atoms with van der Waals surface area (Å²) in [7, 11) is 0. The monoisotopic (exact) mass is 775 g/mol. The standard InChI is InChI=1S/C44H65N5O7/c1-31(2)27-36(40(51)44(5)30-56-44)46-43(54)38(29-34-17-11-7-12-18-34)48-42(53)37(28-32(3)4)47-41(52)35(21-20-33-15-9-6-10-16-33)45-39(50)19-13-8-14-22-49-23-25-55-26-24-49/h6-7,9-12,15-18,31-32,35-38H,8,13-14,19-30H2,1-5H3,(H,45,50)(H,46,54)(H,47,52)(H,48,53)/t35-,36?,37?,38-,44?/m0/s1. The van der Waals surface area contributed by atoms with Crippen LogP contribution in [0.5, 0.6) is 0 Å². The predicted octanol–water partition coefficient (Wildman–Crippen LogP) is 4.14. The van der Waals surface area contributed by atoms with Crippen molar-refractivity contribution in [3.63, 3.8) is 0 Å². The van der Waals surface area contributed by atoms with Crippen LogP contribution in [0.15, 0.2) is 60.7 Å². The highest BCUT2D eigenvalue weighted by atomic mass is 16.6. The van der Waals surface area contributed by atoms with E-state index in [0.29, 0.717) is 45.1 Å². The van der Waals surface area contributed by atoms with Gasteiger partial charge in [-0.2, -0.15) is 0 Å². The number of unbranched alkanes of at least 4 members (excludes halogenated alkanes) is 2. The molecule has 12 heteroatoms. The zero-order chi connectivity index (χ0) is 40.5. The molecule has 0 spiro atoms. The van der Waals surface area contributed by atoms with Crippen molar-refractivity contribution >= 4 is 29.4 Å². The molecule has 2 aliphatic heterocycles. The highest BCUT2D eigenvalue weighted by Crippen LogP contribution is 2.29. The van der Waals surface area contributed by atoms with Crippen LogP contribution in [0.25, 0.3) is 0 Å². The lowest BCUT2D eigenvalue weighted by Crippen LogP contribution is -2.59. The summed E-state index contributed by atoms with van der Waals surface area (Å²) in [6.07, 6.45) is 4.72. The molecule has 2 fully saturated rings. The molecule has 2 aromatic carbocycles. The van der Waals surface area contributed by atoms with Gasteiger partial charge in [-0.05, 0) is 75.0 Å². The lowest BCUT2D eigenvalue weighted by atomic mass is 9.93. The minimum atomic E-state index is -1.02. The second-order valence-electron chi connectivity index (χ2n) is 16.4. The van der Waals surface area contributed by atoms with E-state index >= 15 is 0 Å². The van der Waals surface area contributed by atoms with Gasteiger partial charge >= 0.3 is 0 Å². The van der Waals surface area contributed by atoms with Gasteiger partial charge in [0.25, 0.3) is 0 Å². The van der Waals surface area contributed by atoms with Crippen LogP contribution in [0.3, 0.4) is 0 Å². The van der Waals surface area contributed by atoms with Crippen molar-refractivity contribution in [2.45, 2.75) is 122 Å². The maximum Gasteiger partial charge on any atom is 0.243 e. The van der Waals surface area contributed by atoms with Crippen LogP contribution in [-0.4, -0.2) is 104 Å². The number of benzene rings is 2. The number of hydrogen-bond donors (Lipinski definition) is 4. The Morgan fingerprint density at radius 1 is 0.679 bits per heavy atom. The number of nitrogens with zero attached hydrogens (tertiary/aromatic N) is 1. The lowest BCUT2D eigenvalue weighted by Gasteiger charge is -2.28. The number of rotatable bonds is 24.